The van der Waals surface area contributed by atoms with Gasteiger partial charge in [-0.3, -0.25) is 0 Å². The van der Waals surface area contributed by atoms with Gasteiger partial charge in [-0.25, -0.2) is 18.1 Å². The van der Waals surface area contributed by atoms with Gasteiger partial charge in [-0.2, -0.15) is 4.98 Å². The van der Waals surface area contributed by atoms with Crippen molar-refractivity contribution in [2.75, 3.05) is 55.4 Å². The molecule has 1 aliphatic rings. The molecule has 4 N–H and O–H groups in total. The van der Waals surface area contributed by atoms with Crippen LogP contribution in [0.3, 0.4) is 0 Å². The molecule has 2 heterocycles. The van der Waals surface area contributed by atoms with Crippen LogP contribution in [0.1, 0.15) is 6.92 Å². The first-order chi connectivity index (χ1) is 16.9. The molecule has 2 aromatic carbocycles. The molecular weight excluding hydrogens is 534 g/mol. The van der Waals surface area contributed by atoms with Gasteiger partial charge in [0.15, 0.2) is 0 Å². The zero-order chi connectivity index (χ0) is 24.8. The average Bonchev–Trinajstić information content (AvgIpc) is 2.88. The van der Waals surface area contributed by atoms with Crippen LogP contribution in [-0.2, 0) is 10.0 Å². The molecule has 0 unspecified atom stereocenters. The van der Waals surface area contributed by atoms with Crippen molar-refractivity contribution in [3.05, 3.63) is 53.1 Å². The fraction of sp³-hybridized carbons (Fsp3) is 0.304. The number of nitrogens with zero attached hydrogens (tertiary/aromatic N) is 3. The number of hydrogen-bond donors (Lipinski definition) is 4. The molecule has 0 saturated carbocycles. The Bertz CT molecular complexity index is 1280. The minimum Gasteiger partial charge on any atom is -0.492 e. The molecule has 186 valence electrons. The summed E-state index contributed by atoms with van der Waals surface area (Å²) < 4.78 is 33.7. The van der Waals surface area contributed by atoms with E-state index >= 15 is 0 Å². The normalized spacial score (nSPS) is 14.0. The number of aromatic nitrogens is 2. The van der Waals surface area contributed by atoms with Crippen LogP contribution in [-0.4, -0.2) is 58.2 Å². The maximum atomic E-state index is 12.4. The van der Waals surface area contributed by atoms with Crippen molar-refractivity contribution in [3.8, 4) is 5.75 Å². The lowest BCUT2D eigenvalue weighted by Gasteiger charge is -2.30. The van der Waals surface area contributed by atoms with Crippen molar-refractivity contribution in [1.82, 2.24) is 20.0 Å². The van der Waals surface area contributed by atoms with Crippen LogP contribution < -0.4 is 30.3 Å². The largest absolute Gasteiger partial charge is 0.492 e. The Morgan fingerprint density at radius 2 is 1.89 bits per heavy atom. The SMILES string of the molecule is CCOc1cc(N2CCNCC2)ccc1Nc1ncc(Br)c(Nc2ccccc2S(=O)(=O)NC)n1. The first-order valence-corrected chi connectivity index (χ1v) is 13.5. The molecule has 0 bridgehead atoms. The van der Waals surface area contributed by atoms with E-state index in [1.807, 2.05) is 25.1 Å². The van der Waals surface area contributed by atoms with Gasteiger partial charge in [-0.15, -0.1) is 0 Å². The second-order valence-electron chi connectivity index (χ2n) is 7.69. The third-order valence-corrected chi connectivity index (χ3v) is 7.49. The third-order valence-electron chi connectivity index (χ3n) is 5.44. The van der Waals surface area contributed by atoms with Crippen LogP contribution in [0.2, 0.25) is 0 Å². The highest BCUT2D eigenvalue weighted by Crippen LogP contribution is 2.33. The minimum absolute atomic E-state index is 0.115. The lowest BCUT2D eigenvalue weighted by atomic mass is 10.2. The maximum Gasteiger partial charge on any atom is 0.242 e. The summed E-state index contributed by atoms with van der Waals surface area (Å²) in [4.78, 5) is 11.4. The Morgan fingerprint density at radius 3 is 2.63 bits per heavy atom. The number of hydrogen-bond acceptors (Lipinski definition) is 9. The topological polar surface area (TPSA) is 121 Å². The maximum absolute atomic E-state index is 12.4. The van der Waals surface area contributed by atoms with Crippen LogP contribution in [0.4, 0.5) is 28.8 Å². The van der Waals surface area contributed by atoms with Crippen molar-refractivity contribution in [1.29, 1.82) is 0 Å². The number of rotatable bonds is 9. The molecule has 10 nitrogen and oxygen atoms in total. The monoisotopic (exact) mass is 561 g/mol. The van der Waals surface area contributed by atoms with E-state index in [1.54, 1.807) is 24.4 Å². The van der Waals surface area contributed by atoms with Gasteiger partial charge < -0.3 is 25.6 Å². The Kier molecular flexibility index (Phi) is 8.06. The van der Waals surface area contributed by atoms with Crippen molar-refractivity contribution in [2.24, 2.45) is 0 Å². The number of sulfonamides is 1. The summed E-state index contributed by atoms with van der Waals surface area (Å²) in [5.41, 5.74) is 2.22. The highest BCUT2D eigenvalue weighted by Gasteiger charge is 2.18. The number of ether oxygens (including phenoxy) is 1. The second-order valence-corrected chi connectivity index (χ2v) is 10.4. The molecule has 35 heavy (non-hydrogen) atoms. The Labute approximate surface area is 213 Å². The molecule has 4 rings (SSSR count). The smallest absolute Gasteiger partial charge is 0.242 e. The van der Waals surface area contributed by atoms with Gasteiger partial charge in [-0.1, -0.05) is 12.1 Å². The van der Waals surface area contributed by atoms with E-state index < -0.39 is 10.0 Å². The summed E-state index contributed by atoms with van der Waals surface area (Å²) in [7, 11) is -2.28. The van der Waals surface area contributed by atoms with Gasteiger partial charge >= 0.3 is 0 Å². The lowest BCUT2D eigenvalue weighted by molar-refractivity contribution is 0.342. The Hall–Kier alpha value is -2.93. The lowest BCUT2D eigenvalue weighted by Crippen LogP contribution is -2.43. The summed E-state index contributed by atoms with van der Waals surface area (Å²) in [6.45, 7) is 6.23. The molecule has 0 radical (unpaired) electrons. The van der Waals surface area contributed by atoms with Crippen LogP contribution in [0.15, 0.2) is 58.0 Å². The number of piperazine rings is 1. The van der Waals surface area contributed by atoms with Crippen molar-refractivity contribution < 1.29 is 13.2 Å². The molecular formula is C23H28BrN7O3S. The predicted octanol–water partition coefficient (Wildman–Crippen LogP) is 3.44. The molecule has 1 fully saturated rings. The van der Waals surface area contributed by atoms with E-state index in [1.165, 1.54) is 13.1 Å². The van der Waals surface area contributed by atoms with Gasteiger partial charge in [0.05, 0.1) is 22.5 Å². The number of halogens is 1. The van der Waals surface area contributed by atoms with Gasteiger partial charge in [0.2, 0.25) is 16.0 Å². The first kappa shape index (κ1) is 25.2. The highest BCUT2D eigenvalue weighted by atomic mass is 79.9. The van der Waals surface area contributed by atoms with E-state index in [0.717, 1.165) is 37.6 Å². The van der Waals surface area contributed by atoms with E-state index in [4.69, 9.17) is 4.74 Å². The predicted molar refractivity (Wildman–Crippen MR) is 142 cm³/mol. The molecule has 1 aromatic heterocycles. The third kappa shape index (κ3) is 6.01. The van der Waals surface area contributed by atoms with E-state index in [-0.39, 0.29) is 4.90 Å². The summed E-state index contributed by atoms with van der Waals surface area (Å²) in [6, 6.07) is 12.6. The van der Waals surface area contributed by atoms with Gasteiger partial charge in [0, 0.05) is 44.1 Å². The summed E-state index contributed by atoms with van der Waals surface area (Å²) >= 11 is 3.44. The van der Waals surface area contributed by atoms with Crippen molar-refractivity contribution in [2.45, 2.75) is 11.8 Å². The number of nitrogens with one attached hydrogen (secondary N) is 4. The minimum atomic E-state index is -3.66. The Morgan fingerprint density at radius 1 is 1.11 bits per heavy atom. The molecule has 0 aliphatic carbocycles. The van der Waals surface area contributed by atoms with Crippen LogP contribution in [0, 0.1) is 0 Å². The van der Waals surface area contributed by atoms with Gasteiger partial charge in [0.1, 0.15) is 16.5 Å². The molecule has 0 amide bonds. The van der Waals surface area contributed by atoms with E-state index in [2.05, 4.69) is 51.5 Å². The zero-order valence-electron chi connectivity index (χ0n) is 19.5. The number of anilines is 5. The molecule has 1 saturated heterocycles. The summed E-state index contributed by atoms with van der Waals surface area (Å²) in [5.74, 6) is 1.45. The zero-order valence-corrected chi connectivity index (χ0v) is 21.9. The van der Waals surface area contributed by atoms with E-state index in [9.17, 15) is 8.42 Å². The molecule has 0 atom stereocenters. The number of para-hydroxylation sites is 1. The van der Waals surface area contributed by atoms with Crippen LogP contribution in [0.25, 0.3) is 0 Å². The Balaban J connectivity index is 1.60. The standard InChI is InChI=1S/C23H28BrN7O3S/c1-3-34-20-14-16(31-12-10-26-11-13-31)8-9-18(20)29-23-27-15-17(24)22(30-23)28-19-6-4-5-7-21(19)35(32,33)25-2/h4-9,14-15,25-26H,3,10-13H2,1-2H3,(H2,27,28,29,30). The fourth-order valence-corrected chi connectivity index (χ4v) is 4.86. The number of benzene rings is 2. The highest BCUT2D eigenvalue weighted by molar-refractivity contribution is 9.10. The van der Waals surface area contributed by atoms with Crippen LogP contribution in [0.5, 0.6) is 5.75 Å². The average molecular weight is 562 g/mol. The van der Waals surface area contributed by atoms with Gasteiger partial charge in [-0.05, 0) is 54.2 Å². The quantitative estimate of drug-likeness (QED) is 0.311. The fourth-order valence-electron chi connectivity index (χ4n) is 3.69. The van der Waals surface area contributed by atoms with E-state index in [0.29, 0.717) is 34.3 Å². The van der Waals surface area contributed by atoms with Gasteiger partial charge in [0.25, 0.3) is 0 Å². The molecule has 0 spiro atoms. The van der Waals surface area contributed by atoms with Crippen molar-refractivity contribution in [3.63, 3.8) is 0 Å². The first-order valence-electron chi connectivity index (χ1n) is 11.2. The summed E-state index contributed by atoms with van der Waals surface area (Å²) in [5, 5.41) is 9.69. The molecule has 1 aliphatic heterocycles. The summed E-state index contributed by atoms with van der Waals surface area (Å²) in [6.07, 6.45) is 1.60. The van der Waals surface area contributed by atoms with Crippen molar-refractivity contribution >= 4 is 54.8 Å². The second kappa shape index (κ2) is 11.2. The van der Waals surface area contributed by atoms with Crippen LogP contribution >= 0.6 is 15.9 Å². The molecule has 3 aromatic rings. The molecule has 12 heteroatoms.